The van der Waals surface area contributed by atoms with Gasteiger partial charge in [-0.05, 0) is 25.0 Å². The van der Waals surface area contributed by atoms with Gasteiger partial charge in [-0.15, -0.1) is 0 Å². The molecule has 5 nitrogen and oxygen atoms in total. The number of H-pyrrole nitrogens is 1. The number of hydrogen-bond donors (Lipinski definition) is 2. The number of amides is 1. The number of carbonyl (C=O) groups is 2. The largest absolute Gasteiger partial charge is 0.358 e. The highest BCUT2D eigenvalue weighted by molar-refractivity contribution is 6.45. The molecule has 0 radical (unpaired) electrons. The van der Waals surface area contributed by atoms with Crippen LogP contribution < -0.4 is 5.32 Å². The van der Waals surface area contributed by atoms with Crippen LogP contribution in [0.4, 0.5) is 0 Å². The van der Waals surface area contributed by atoms with Gasteiger partial charge in [-0.3, -0.25) is 14.5 Å². The van der Waals surface area contributed by atoms with Crippen molar-refractivity contribution in [2.75, 3.05) is 13.1 Å². The first-order chi connectivity index (χ1) is 13.1. The van der Waals surface area contributed by atoms with Crippen molar-refractivity contribution in [2.24, 2.45) is 0 Å². The van der Waals surface area contributed by atoms with E-state index >= 15 is 0 Å². The van der Waals surface area contributed by atoms with Crippen LogP contribution in [0.2, 0.25) is 0 Å². The number of rotatable bonds is 5. The number of nitrogens with zero attached hydrogens (tertiary/aromatic N) is 1. The average Bonchev–Trinajstić information content (AvgIpc) is 3.24. The second kappa shape index (κ2) is 7.37. The fourth-order valence-corrected chi connectivity index (χ4v) is 3.87. The number of aromatic nitrogens is 1. The quantitative estimate of drug-likeness (QED) is 0.542. The zero-order valence-electron chi connectivity index (χ0n) is 15.4. The minimum absolute atomic E-state index is 0.00988. The van der Waals surface area contributed by atoms with E-state index in [0.717, 1.165) is 42.7 Å². The van der Waals surface area contributed by atoms with E-state index in [4.69, 9.17) is 0 Å². The molecule has 4 rings (SSSR count). The SMILES string of the molecule is Cc1[nH]c2ccccc2c1C(=O)C(=O)N[C@@H]1CCN(Cc2ccccc2)C1. The molecule has 1 aliphatic rings. The molecule has 1 aliphatic heterocycles. The van der Waals surface area contributed by atoms with Gasteiger partial charge in [-0.2, -0.15) is 0 Å². The third kappa shape index (κ3) is 3.64. The van der Waals surface area contributed by atoms with Crippen LogP contribution in [0.5, 0.6) is 0 Å². The van der Waals surface area contributed by atoms with Crippen molar-refractivity contribution in [1.29, 1.82) is 0 Å². The van der Waals surface area contributed by atoms with E-state index < -0.39 is 11.7 Å². The molecule has 1 fully saturated rings. The first-order valence-electron chi connectivity index (χ1n) is 9.30. The monoisotopic (exact) mass is 361 g/mol. The van der Waals surface area contributed by atoms with E-state index in [1.807, 2.05) is 49.4 Å². The second-order valence-electron chi connectivity index (χ2n) is 7.18. The third-order valence-corrected chi connectivity index (χ3v) is 5.18. The molecule has 1 aromatic heterocycles. The molecular weight excluding hydrogens is 338 g/mol. The second-order valence-corrected chi connectivity index (χ2v) is 7.18. The predicted molar refractivity (Wildman–Crippen MR) is 106 cm³/mol. The van der Waals surface area contributed by atoms with E-state index in [0.29, 0.717) is 5.56 Å². The number of aromatic amines is 1. The summed E-state index contributed by atoms with van der Waals surface area (Å²) in [6.45, 7) is 4.38. The molecule has 1 saturated heterocycles. The zero-order chi connectivity index (χ0) is 18.8. The van der Waals surface area contributed by atoms with Gasteiger partial charge in [0.15, 0.2) is 0 Å². The number of ketones is 1. The highest BCUT2D eigenvalue weighted by atomic mass is 16.2. The summed E-state index contributed by atoms with van der Waals surface area (Å²) in [5, 5.41) is 3.73. The van der Waals surface area contributed by atoms with Gasteiger partial charge in [-0.1, -0.05) is 48.5 Å². The molecule has 0 bridgehead atoms. The summed E-state index contributed by atoms with van der Waals surface area (Å²) in [5.41, 5.74) is 3.34. The van der Waals surface area contributed by atoms with E-state index in [2.05, 4.69) is 27.3 Å². The van der Waals surface area contributed by atoms with E-state index in [-0.39, 0.29) is 6.04 Å². The Kier molecular flexibility index (Phi) is 4.77. The van der Waals surface area contributed by atoms with Crippen LogP contribution in [-0.4, -0.2) is 40.7 Å². The van der Waals surface area contributed by atoms with Gasteiger partial charge in [0.1, 0.15) is 0 Å². The van der Waals surface area contributed by atoms with Crippen molar-refractivity contribution >= 4 is 22.6 Å². The number of para-hydroxylation sites is 1. The van der Waals surface area contributed by atoms with Gasteiger partial charge in [0.05, 0.1) is 5.56 Å². The van der Waals surface area contributed by atoms with Crippen molar-refractivity contribution in [3.8, 4) is 0 Å². The minimum Gasteiger partial charge on any atom is -0.358 e. The average molecular weight is 361 g/mol. The Bertz CT molecular complexity index is 978. The van der Waals surface area contributed by atoms with Crippen molar-refractivity contribution < 1.29 is 9.59 Å². The topological polar surface area (TPSA) is 65.2 Å². The fraction of sp³-hybridized carbons (Fsp3) is 0.273. The van der Waals surface area contributed by atoms with Crippen molar-refractivity contribution in [2.45, 2.75) is 25.9 Å². The normalized spacial score (nSPS) is 17.3. The standard InChI is InChI=1S/C22H23N3O2/c1-15-20(18-9-5-6-10-19(18)23-15)21(26)22(27)24-17-11-12-25(14-17)13-16-7-3-2-4-8-16/h2-10,17,23H,11-14H2,1H3,(H,24,27)/t17-/m1/s1. The van der Waals surface area contributed by atoms with Gasteiger partial charge in [-0.25, -0.2) is 0 Å². The minimum atomic E-state index is -0.519. The van der Waals surface area contributed by atoms with Crippen LogP contribution in [0.25, 0.3) is 10.9 Å². The number of hydrogen-bond acceptors (Lipinski definition) is 3. The van der Waals surface area contributed by atoms with Crippen LogP contribution in [0.1, 0.15) is 28.0 Å². The number of carbonyl (C=O) groups excluding carboxylic acids is 2. The van der Waals surface area contributed by atoms with Crippen LogP contribution in [0.3, 0.4) is 0 Å². The molecule has 0 aliphatic carbocycles. The van der Waals surface area contributed by atoms with Crippen LogP contribution >= 0.6 is 0 Å². The Labute approximate surface area is 158 Å². The lowest BCUT2D eigenvalue weighted by molar-refractivity contribution is -0.117. The third-order valence-electron chi connectivity index (χ3n) is 5.18. The highest BCUT2D eigenvalue weighted by Gasteiger charge is 2.28. The number of fused-ring (bicyclic) bond motifs is 1. The molecule has 5 heteroatoms. The summed E-state index contributed by atoms with van der Waals surface area (Å²) in [5.74, 6) is -0.985. The molecule has 1 atom stereocenters. The Hall–Kier alpha value is -2.92. The maximum Gasteiger partial charge on any atom is 0.292 e. The summed E-state index contributed by atoms with van der Waals surface area (Å²) in [6, 6.07) is 17.9. The highest BCUT2D eigenvalue weighted by Crippen LogP contribution is 2.22. The van der Waals surface area contributed by atoms with Gasteiger partial charge in [0.25, 0.3) is 11.7 Å². The molecule has 138 valence electrons. The van der Waals surface area contributed by atoms with Crippen LogP contribution in [0, 0.1) is 6.92 Å². The molecule has 0 spiro atoms. The zero-order valence-corrected chi connectivity index (χ0v) is 15.4. The van der Waals surface area contributed by atoms with Crippen LogP contribution in [-0.2, 0) is 11.3 Å². The molecule has 27 heavy (non-hydrogen) atoms. The van der Waals surface area contributed by atoms with Gasteiger partial charge in [0, 0.05) is 42.3 Å². The maximum absolute atomic E-state index is 12.8. The smallest absolute Gasteiger partial charge is 0.292 e. The molecule has 1 amide bonds. The van der Waals surface area contributed by atoms with Crippen molar-refractivity contribution in [3.63, 3.8) is 0 Å². The molecule has 3 aromatic rings. The Morgan fingerprint density at radius 3 is 2.67 bits per heavy atom. The van der Waals surface area contributed by atoms with E-state index in [1.165, 1.54) is 5.56 Å². The summed E-state index contributed by atoms with van der Waals surface area (Å²) >= 11 is 0. The summed E-state index contributed by atoms with van der Waals surface area (Å²) in [7, 11) is 0. The fourth-order valence-electron chi connectivity index (χ4n) is 3.87. The first kappa shape index (κ1) is 17.5. The number of nitrogens with one attached hydrogen (secondary N) is 2. The number of Topliss-reactive ketones (excluding diaryl/α,β-unsaturated/α-hetero) is 1. The molecule has 0 unspecified atom stereocenters. The van der Waals surface area contributed by atoms with Crippen molar-refractivity contribution in [3.05, 3.63) is 71.4 Å². The number of likely N-dealkylation sites (tertiary alicyclic amines) is 1. The molecule has 2 aromatic carbocycles. The van der Waals surface area contributed by atoms with Gasteiger partial charge < -0.3 is 10.3 Å². The molecule has 0 saturated carbocycles. The summed E-state index contributed by atoms with van der Waals surface area (Å²) < 4.78 is 0. The van der Waals surface area contributed by atoms with E-state index in [9.17, 15) is 9.59 Å². The lowest BCUT2D eigenvalue weighted by Crippen LogP contribution is -2.41. The van der Waals surface area contributed by atoms with Gasteiger partial charge >= 0.3 is 0 Å². The summed E-state index contributed by atoms with van der Waals surface area (Å²) in [6.07, 6.45) is 0.860. The maximum atomic E-state index is 12.8. The lowest BCUT2D eigenvalue weighted by Gasteiger charge is -2.16. The first-order valence-corrected chi connectivity index (χ1v) is 9.30. The Morgan fingerprint density at radius 2 is 1.85 bits per heavy atom. The number of benzene rings is 2. The summed E-state index contributed by atoms with van der Waals surface area (Å²) in [4.78, 5) is 30.8. The lowest BCUT2D eigenvalue weighted by atomic mass is 10.1. The van der Waals surface area contributed by atoms with E-state index in [1.54, 1.807) is 0 Å². The van der Waals surface area contributed by atoms with Crippen molar-refractivity contribution in [1.82, 2.24) is 15.2 Å². The molecular formula is C22H23N3O2. The Balaban J connectivity index is 1.40. The number of aryl methyl sites for hydroxylation is 1. The predicted octanol–water partition coefficient (Wildman–Crippen LogP) is 3.05. The molecule has 2 heterocycles. The van der Waals surface area contributed by atoms with Gasteiger partial charge in [0.2, 0.25) is 0 Å². The Morgan fingerprint density at radius 1 is 1.11 bits per heavy atom. The van der Waals surface area contributed by atoms with Crippen LogP contribution in [0.15, 0.2) is 54.6 Å². The molecule has 2 N–H and O–H groups in total.